The van der Waals surface area contributed by atoms with E-state index >= 15 is 0 Å². The van der Waals surface area contributed by atoms with E-state index in [0.29, 0.717) is 25.4 Å². The number of aryl methyl sites for hydroxylation is 1. The van der Waals surface area contributed by atoms with Crippen molar-refractivity contribution in [3.63, 3.8) is 0 Å². The Hall–Kier alpha value is -2.67. The summed E-state index contributed by atoms with van der Waals surface area (Å²) in [5.41, 5.74) is 3.90. The summed E-state index contributed by atoms with van der Waals surface area (Å²) in [6.45, 7) is 2.96. The van der Waals surface area contributed by atoms with Gasteiger partial charge in [0.1, 0.15) is 10.6 Å². The van der Waals surface area contributed by atoms with Gasteiger partial charge in [-0.2, -0.15) is 4.31 Å². The van der Waals surface area contributed by atoms with Crippen LogP contribution in [0.25, 0.3) is 0 Å². The summed E-state index contributed by atoms with van der Waals surface area (Å²) in [7, 11) is -2.35. The van der Waals surface area contributed by atoms with Crippen LogP contribution in [0.5, 0.6) is 5.75 Å². The number of benzene rings is 3. The second-order valence-electron chi connectivity index (χ2n) is 7.83. The van der Waals surface area contributed by atoms with Gasteiger partial charge in [0.25, 0.3) is 0 Å². The summed E-state index contributed by atoms with van der Waals surface area (Å²) >= 11 is 0. The zero-order valence-corrected chi connectivity index (χ0v) is 18.6. The number of rotatable bonds is 5. The van der Waals surface area contributed by atoms with Gasteiger partial charge in [-0.15, -0.1) is 0 Å². The molecule has 0 fully saturated rings. The van der Waals surface area contributed by atoms with Crippen LogP contribution in [0.4, 0.5) is 0 Å². The molecule has 31 heavy (non-hydrogen) atoms. The lowest BCUT2D eigenvalue weighted by Crippen LogP contribution is -2.45. The van der Waals surface area contributed by atoms with E-state index in [1.807, 2.05) is 67.6 Å². The van der Waals surface area contributed by atoms with Crippen LogP contribution in [0.3, 0.4) is 0 Å². The van der Waals surface area contributed by atoms with Gasteiger partial charge in [0, 0.05) is 6.54 Å². The Morgan fingerprint density at radius 3 is 2.45 bits per heavy atom. The number of hydrogen-bond acceptors (Lipinski definition) is 4. The fraction of sp³-hybridized carbons (Fsp3) is 0.280. The molecule has 0 spiro atoms. The minimum absolute atomic E-state index is 0.186. The van der Waals surface area contributed by atoms with Gasteiger partial charge in [0.05, 0.1) is 26.4 Å². The average molecular weight is 438 g/mol. The highest BCUT2D eigenvalue weighted by molar-refractivity contribution is 7.89. The van der Waals surface area contributed by atoms with Crippen molar-refractivity contribution in [3.8, 4) is 5.75 Å². The van der Waals surface area contributed by atoms with Gasteiger partial charge in [0.2, 0.25) is 10.0 Å². The van der Waals surface area contributed by atoms with Gasteiger partial charge in [-0.05, 0) is 47.7 Å². The number of methoxy groups -OCH3 is 1. The van der Waals surface area contributed by atoms with Crippen molar-refractivity contribution in [1.82, 2.24) is 4.31 Å². The molecule has 0 radical (unpaired) electrons. The molecule has 5 nitrogen and oxygen atoms in total. The number of hydrogen-bond donors (Lipinski definition) is 0. The molecule has 0 bridgehead atoms. The lowest BCUT2D eigenvalue weighted by molar-refractivity contribution is 0.0673. The summed E-state index contributed by atoms with van der Waals surface area (Å²) in [5.74, 6) is 0.348. The van der Waals surface area contributed by atoms with E-state index in [1.165, 1.54) is 7.11 Å². The molecule has 0 aliphatic carbocycles. The van der Waals surface area contributed by atoms with E-state index in [4.69, 9.17) is 9.47 Å². The highest BCUT2D eigenvalue weighted by atomic mass is 32.2. The smallest absolute Gasteiger partial charge is 0.247 e. The van der Waals surface area contributed by atoms with Gasteiger partial charge in [0.15, 0.2) is 0 Å². The van der Waals surface area contributed by atoms with E-state index in [2.05, 4.69) is 0 Å². The van der Waals surface area contributed by atoms with Crippen LogP contribution in [0.15, 0.2) is 77.7 Å². The molecule has 3 aromatic carbocycles. The Kier molecular flexibility index (Phi) is 6.41. The summed E-state index contributed by atoms with van der Waals surface area (Å²) in [6.07, 6.45) is 0.566. The van der Waals surface area contributed by atoms with Crippen LogP contribution in [0.2, 0.25) is 0 Å². The maximum atomic E-state index is 14.0. The molecule has 3 aromatic rings. The maximum absolute atomic E-state index is 14.0. The lowest BCUT2D eigenvalue weighted by Gasteiger charge is -2.34. The van der Waals surface area contributed by atoms with E-state index in [0.717, 1.165) is 22.3 Å². The van der Waals surface area contributed by atoms with Crippen LogP contribution >= 0.6 is 0 Å². The van der Waals surface area contributed by atoms with Crippen molar-refractivity contribution >= 4 is 10.0 Å². The van der Waals surface area contributed by atoms with Crippen LogP contribution < -0.4 is 4.74 Å². The van der Waals surface area contributed by atoms with Crippen molar-refractivity contribution in [2.24, 2.45) is 0 Å². The zero-order chi connectivity index (χ0) is 21.8. The Morgan fingerprint density at radius 1 is 1.00 bits per heavy atom. The fourth-order valence-electron chi connectivity index (χ4n) is 3.98. The minimum atomic E-state index is -3.85. The first-order valence-electron chi connectivity index (χ1n) is 10.3. The van der Waals surface area contributed by atoms with E-state index < -0.39 is 10.0 Å². The molecule has 0 aromatic heterocycles. The third-order valence-corrected chi connectivity index (χ3v) is 7.56. The molecule has 1 heterocycles. The van der Waals surface area contributed by atoms with Crippen LogP contribution in [-0.4, -0.2) is 32.5 Å². The largest absolute Gasteiger partial charge is 0.495 e. The first kappa shape index (κ1) is 21.6. The normalized spacial score (nSPS) is 17.4. The summed E-state index contributed by atoms with van der Waals surface area (Å²) in [4.78, 5) is 0.186. The van der Waals surface area contributed by atoms with Crippen LogP contribution in [0, 0.1) is 6.92 Å². The molecular weight excluding hydrogens is 410 g/mol. The van der Waals surface area contributed by atoms with Gasteiger partial charge >= 0.3 is 0 Å². The van der Waals surface area contributed by atoms with E-state index in [-0.39, 0.29) is 17.5 Å². The van der Waals surface area contributed by atoms with Gasteiger partial charge in [-0.25, -0.2) is 8.42 Å². The van der Waals surface area contributed by atoms with Crippen molar-refractivity contribution in [3.05, 3.63) is 95.1 Å². The lowest BCUT2D eigenvalue weighted by atomic mass is 10.0. The first-order chi connectivity index (χ1) is 15.0. The fourth-order valence-corrected chi connectivity index (χ4v) is 5.81. The maximum Gasteiger partial charge on any atom is 0.247 e. The van der Waals surface area contributed by atoms with Crippen molar-refractivity contribution in [1.29, 1.82) is 0 Å². The number of fused-ring (bicyclic) bond motifs is 1. The Balaban J connectivity index is 1.81. The molecule has 6 heteroatoms. The van der Waals surface area contributed by atoms with E-state index in [1.54, 1.807) is 16.4 Å². The van der Waals surface area contributed by atoms with Gasteiger partial charge in [-0.3, -0.25) is 0 Å². The Labute approximate surface area is 184 Å². The molecule has 1 aliphatic heterocycles. The molecular formula is C25H27NO4S. The average Bonchev–Trinajstić information content (AvgIpc) is 2.76. The zero-order valence-electron chi connectivity index (χ0n) is 17.8. The molecule has 162 valence electrons. The standard InChI is InChI=1S/C25H27NO4S/c1-19-12-13-24(29-2)25(14-19)31(27,28)26-16-21-10-6-7-11-22(21)17-30-18-23(26)15-20-8-4-3-5-9-20/h3-14,23H,15-18H2,1-2H3. The van der Waals surface area contributed by atoms with Crippen molar-refractivity contribution < 1.29 is 17.9 Å². The molecule has 1 atom stereocenters. The minimum Gasteiger partial charge on any atom is -0.495 e. The third kappa shape index (κ3) is 4.66. The molecule has 1 unspecified atom stereocenters. The number of nitrogens with zero attached hydrogens (tertiary/aromatic N) is 1. The molecule has 0 N–H and O–H groups in total. The Bertz CT molecular complexity index is 1150. The SMILES string of the molecule is COc1ccc(C)cc1S(=O)(=O)N1Cc2ccccc2COCC1Cc1ccccc1. The molecule has 0 saturated carbocycles. The van der Waals surface area contributed by atoms with Crippen LogP contribution in [0.1, 0.15) is 22.3 Å². The second-order valence-corrected chi connectivity index (χ2v) is 9.69. The molecule has 0 saturated heterocycles. The van der Waals surface area contributed by atoms with Crippen molar-refractivity contribution in [2.75, 3.05) is 13.7 Å². The monoisotopic (exact) mass is 437 g/mol. The molecule has 0 amide bonds. The summed E-state index contributed by atoms with van der Waals surface area (Å²) in [5, 5.41) is 0. The quantitative estimate of drug-likeness (QED) is 0.596. The summed E-state index contributed by atoms with van der Waals surface area (Å²) in [6, 6.07) is 22.7. The predicted molar refractivity (Wildman–Crippen MR) is 120 cm³/mol. The van der Waals surface area contributed by atoms with Gasteiger partial charge in [-0.1, -0.05) is 60.7 Å². The molecule has 1 aliphatic rings. The van der Waals surface area contributed by atoms with E-state index in [9.17, 15) is 8.42 Å². The first-order valence-corrected chi connectivity index (χ1v) is 11.8. The van der Waals surface area contributed by atoms with Gasteiger partial charge < -0.3 is 9.47 Å². The van der Waals surface area contributed by atoms with Crippen molar-refractivity contribution in [2.45, 2.75) is 37.4 Å². The second kappa shape index (κ2) is 9.22. The van der Waals surface area contributed by atoms with Crippen LogP contribution in [-0.2, 0) is 34.3 Å². The predicted octanol–water partition coefficient (Wildman–Crippen LogP) is 4.34. The highest BCUT2D eigenvalue weighted by Crippen LogP contribution is 2.32. The Morgan fingerprint density at radius 2 is 1.71 bits per heavy atom. The topological polar surface area (TPSA) is 55.8 Å². The highest BCUT2D eigenvalue weighted by Gasteiger charge is 2.35. The summed E-state index contributed by atoms with van der Waals surface area (Å²) < 4.78 is 41.0. The molecule has 4 rings (SSSR count). The third-order valence-electron chi connectivity index (χ3n) is 5.64. The number of ether oxygens (including phenoxy) is 2. The number of sulfonamides is 1.